The van der Waals surface area contributed by atoms with E-state index in [0.29, 0.717) is 13.0 Å². The van der Waals surface area contributed by atoms with Gasteiger partial charge in [0.15, 0.2) is 0 Å². The lowest BCUT2D eigenvalue weighted by Gasteiger charge is -2.16. The Morgan fingerprint density at radius 3 is 2.25 bits per heavy atom. The average Bonchev–Trinajstić information content (AvgIpc) is 2.52. The first-order chi connectivity index (χ1) is 9.79. The quantitative estimate of drug-likeness (QED) is 0.819. The third kappa shape index (κ3) is 4.12. The minimum atomic E-state index is -0.192. The molecule has 0 spiro atoms. The molecule has 104 valence electrons. The molecule has 0 aliphatic rings. The Morgan fingerprint density at radius 1 is 1.05 bits per heavy atom. The van der Waals surface area contributed by atoms with Gasteiger partial charge < -0.3 is 10.1 Å². The maximum absolute atomic E-state index is 11.9. The van der Waals surface area contributed by atoms with Crippen LogP contribution in [0.1, 0.15) is 5.56 Å². The van der Waals surface area contributed by atoms with Gasteiger partial charge in [0.05, 0.1) is 13.0 Å². The molecule has 2 rings (SSSR count). The Balaban J connectivity index is 1.99. The Bertz CT molecular complexity index is 525. The largest absolute Gasteiger partial charge is 0.469 e. The lowest BCUT2D eigenvalue weighted by Crippen LogP contribution is -2.26. The molecule has 0 radical (unpaired) electrons. The maximum Gasteiger partial charge on any atom is 0.310 e. The maximum atomic E-state index is 11.9. The van der Waals surface area contributed by atoms with E-state index in [1.807, 2.05) is 60.7 Å². The van der Waals surface area contributed by atoms with Gasteiger partial charge in [0.2, 0.25) is 0 Å². The number of carbonyl (C=O) groups excluding carboxylic acids is 1. The standard InChI is InChI=1S/C17H19NO2/c1-20-17(19)15(12-14-8-4-2-5-9-14)13-18-16-10-6-3-7-11-16/h2-11,15,18H,12-13H2,1H3/t15-/m0/s1. The fourth-order valence-corrected chi connectivity index (χ4v) is 2.10. The Labute approximate surface area is 119 Å². The highest BCUT2D eigenvalue weighted by molar-refractivity contribution is 5.73. The van der Waals surface area contributed by atoms with Crippen molar-refractivity contribution in [2.45, 2.75) is 6.42 Å². The molecular formula is C17H19NO2. The molecule has 0 heterocycles. The lowest BCUT2D eigenvalue weighted by atomic mass is 9.99. The number of nitrogens with one attached hydrogen (secondary N) is 1. The highest BCUT2D eigenvalue weighted by Crippen LogP contribution is 2.13. The zero-order chi connectivity index (χ0) is 14.2. The van der Waals surface area contributed by atoms with E-state index in [-0.39, 0.29) is 11.9 Å². The number of benzene rings is 2. The molecule has 1 N–H and O–H groups in total. The van der Waals surface area contributed by atoms with Crippen LogP contribution in [0.25, 0.3) is 0 Å². The highest BCUT2D eigenvalue weighted by Gasteiger charge is 2.19. The summed E-state index contributed by atoms with van der Waals surface area (Å²) in [6.07, 6.45) is 0.674. The first-order valence-corrected chi connectivity index (χ1v) is 6.70. The van der Waals surface area contributed by atoms with E-state index in [1.165, 1.54) is 7.11 Å². The van der Waals surface area contributed by atoms with Crippen molar-refractivity contribution in [1.82, 2.24) is 0 Å². The van der Waals surface area contributed by atoms with Gasteiger partial charge in [-0.05, 0) is 24.1 Å². The van der Waals surface area contributed by atoms with Gasteiger partial charge in [-0.1, -0.05) is 48.5 Å². The summed E-state index contributed by atoms with van der Waals surface area (Å²) in [7, 11) is 1.43. The number of rotatable bonds is 6. The summed E-state index contributed by atoms with van der Waals surface area (Å²) in [5.74, 6) is -0.375. The van der Waals surface area contributed by atoms with Crippen LogP contribution in [0.3, 0.4) is 0 Å². The monoisotopic (exact) mass is 269 g/mol. The number of para-hydroxylation sites is 1. The lowest BCUT2D eigenvalue weighted by molar-refractivity contribution is -0.144. The van der Waals surface area contributed by atoms with Crippen molar-refractivity contribution in [3.05, 3.63) is 66.2 Å². The fraction of sp³-hybridized carbons (Fsp3) is 0.235. The molecule has 2 aromatic rings. The van der Waals surface area contributed by atoms with Crippen LogP contribution in [0, 0.1) is 5.92 Å². The van der Waals surface area contributed by atoms with Crippen LogP contribution in [-0.4, -0.2) is 19.6 Å². The molecule has 0 unspecified atom stereocenters. The topological polar surface area (TPSA) is 38.3 Å². The van der Waals surface area contributed by atoms with Gasteiger partial charge in [-0.25, -0.2) is 0 Å². The van der Waals surface area contributed by atoms with Gasteiger partial charge in [0, 0.05) is 12.2 Å². The van der Waals surface area contributed by atoms with E-state index in [2.05, 4.69) is 5.32 Å². The summed E-state index contributed by atoms with van der Waals surface area (Å²) < 4.78 is 4.89. The zero-order valence-electron chi connectivity index (χ0n) is 11.6. The Hall–Kier alpha value is -2.29. The van der Waals surface area contributed by atoms with E-state index < -0.39 is 0 Å². The molecule has 3 heteroatoms. The van der Waals surface area contributed by atoms with Crippen molar-refractivity contribution in [2.75, 3.05) is 19.0 Å². The molecule has 0 bridgehead atoms. The molecule has 0 aliphatic heterocycles. The molecule has 1 atom stereocenters. The van der Waals surface area contributed by atoms with Gasteiger partial charge in [0.25, 0.3) is 0 Å². The molecule has 0 aromatic heterocycles. The molecular weight excluding hydrogens is 250 g/mol. The van der Waals surface area contributed by atoms with Crippen LogP contribution in [-0.2, 0) is 16.0 Å². The van der Waals surface area contributed by atoms with Crippen LogP contribution >= 0.6 is 0 Å². The van der Waals surface area contributed by atoms with Crippen LogP contribution < -0.4 is 5.32 Å². The summed E-state index contributed by atoms with van der Waals surface area (Å²) in [5, 5.41) is 3.28. The second-order valence-corrected chi connectivity index (χ2v) is 4.66. The molecule has 0 amide bonds. The molecule has 0 aliphatic carbocycles. The number of hydrogen-bond acceptors (Lipinski definition) is 3. The van der Waals surface area contributed by atoms with E-state index in [9.17, 15) is 4.79 Å². The smallest absolute Gasteiger partial charge is 0.310 e. The fourth-order valence-electron chi connectivity index (χ4n) is 2.10. The second kappa shape index (κ2) is 7.34. The molecule has 20 heavy (non-hydrogen) atoms. The molecule has 0 saturated carbocycles. The van der Waals surface area contributed by atoms with Crippen LogP contribution in [0.4, 0.5) is 5.69 Å². The minimum absolute atomic E-state index is 0.183. The predicted octanol–water partition coefficient (Wildman–Crippen LogP) is 3.13. The average molecular weight is 269 g/mol. The van der Waals surface area contributed by atoms with Crippen LogP contribution in [0.15, 0.2) is 60.7 Å². The van der Waals surface area contributed by atoms with Crippen LogP contribution in [0.5, 0.6) is 0 Å². The van der Waals surface area contributed by atoms with E-state index >= 15 is 0 Å². The van der Waals surface area contributed by atoms with Gasteiger partial charge in [0.1, 0.15) is 0 Å². The first kappa shape index (κ1) is 14.1. The SMILES string of the molecule is COC(=O)[C@H](CNc1ccccc1)Cc1ccccc1. The highest BCUT2D eigenvalue weighted by atomic mass is 16.5. The third-order valence-corrected chi connectivity index (χ3v) is 3.19. The number of methoxy groups -OCH3 is 1. The van der Waals surface area contributed by atoms with Gasteiger partial charge in [-0.3, -0.25) is 4.79 Å². The Kier molecular flexibility index (Phi) is 5.18. The van der Waals surface area contributed by atoms with Crippen LogP contribution in [0.2, 0.25) is 0 Å². The molecule has 2 aromatic carbocycles. The first-order valence-electron chi connectivity index (χ1n) is 6.70. The van der Waals surface area contributed by atoms with E-state index in [1.54, 1.807) is 0 Å². The number of ether oxygens (including phenoxy) is 1. The number of hydrogen-bond donors (Lipinski definition) is 1. The summed E-state index contributed by atoms with van der Waals surface area (Å²) in [5.41, 5.74) is 2.15. The second-order valence-electron chi connectivity index (χ2n) is 4.66. The van der Waals surface area contributed by atoms with Crippen molar-refractivity contribution < 1.29 is 9.53 Å². The van der Waals surface area contributed by atoms with Crippen molar-refractivity contribution >= 4 is 11.7 Å². The van der Waals surface area contributed by atoms with Crippen molar-refractivity contribution in [3.63, 3.8) is 0 Å². The minimum Gasteiger partial charge on any atom is -0.469 e. The normalized spacial score (nSPS) is 11.7. The molecule has 0 saturated heterocycles. The van der Waals surface area contributed by atoms with E-state index in [4.69, 9.17) is 4.74 Å². The molecule has 0 fully saturated rings. The number of esters is 1. The predicted molar refractivity (Wildman–Crippen MR) is 80.6 cm³/mol. The summed E-state index contributed by atoms with van der Waals surface area (Å²) in [4.78, 5) is 11.9. The van der Waals surface area contributed by atoms with E-state index in [0.717, 1.165) is 11.3 Å². The Morgan fingerprint density at radius 2 is 1.65 bits per heavy atom. The number of carbonyl (C=O) groups is 1. The zero-order valence-corrected chi connectivity index (χ0v) is 11.6. The number of anilines is 1. The summed E-state index contributed by atoms with van der Waals surface area (Å²) >= 11 is 0. The summed E-state index contributed by atoms with van der Waals surface area (Å²) in [6.45, 7) is 0.561. The third-order valence-electron chi connectivity index (χ3n) is 3.19. The van der Waals surface area contributed by atoms with Gasteiger partial charge in [-0.15, -0.1) is 0 Å². The van der Waals surface area contributed by atoms with Crippen molar-refractivity contribution in [2.24, 2.45) is 5.92 Å². The van der Waals surface area contributed by atoms with Crippen molar-refractivity contribution in [1.29, 1.82) is 0 Å². The van der Waals surface area contributed by atoms with Crippen molar-refractivity contribution in [3.8, 4) is 0 Å². The van der Waals surface area contributed by atoms with Gasteiger partial charge in [-0.2, -0.15) is 0 Å². The van der Waals surface area contributed by atoms with Gasteiger partial charge >= 0.3 is 5.97 Å². The molecule has 3 nitrogen and oxygen atoms in total. The summed E-state index contributed by atoms with van der Waals surface area (Å²) in [6, 6.07) is 19.8.